The summed E-state index contributed by atoms with van der Waals surface area (Å²) >= 11 is 6.01. The second-order valence-corrected chi connectivity index (χ2v) is 5.66. The largest absolute Gasteiger partial charge is 0.318 e. The number of fused-ring (bicyclic) bond motifs is 1. The first kappa shape index (κ1) is 16.0. The number of pyridine rings is 1. The van der Waals surface area contributed by atoms with Gasteiger partial charge in [-0.25, -0.2) is 0 Å². The number of benzene rings is 2. The molecule has 2 amide bonds. The van der Waals surface area contributed by atoms with Crippen molar-refractivity contribution in [3.05, 3.63) is 65.3 Å². The molecule has 0 fully saturated rings. The van der Waals surface area contributed by atoms with Gasteiger partial charge in [-0.05, 0) is 36.8 Å². The summed E-state index contributed by atoms with van der Waals surface area (Å²) in [5.74, 6) is -1.55. The number of nitrogens with one attached hydrogen (secondary N) is 2. The van der Waals surface area contributed by atoms with Crippen LogP contribution in [0.1, 0.15) is 5.56 Å². The molecule has 5 nitrogen and oxygen atoms in total. The van der Waals surface area contributed by atoms with Crippen molar-refractivity contribution >= 4 is 45.7 Å². The molecule has 2 aromatic carbocycles. The van der Waals surface area contributed by atoms with Crippen LogP contribution >= 0.6 is 11.6 Å². The Balaban J connectivity index is 1.76. The molecule has 24 heavy (non-hydrogen) atoms. The van der Waals surface area contributed by atoms with Crippen molar-refractivity contribution < 1.29 is 9.59 Å². The van der Waals surface area contributed by atoms with Gasteiger partial charge in [-0.15, -0.1) is 0 Å². The van der Waals surface area contributed by atoms with Crippen LogP contribution in [0.15, 0.2) is 54.7 Å². The van der Waals surface area contributed by atoms with Gasteiger partial charge in [0, 0.05) is 22.3 Å². The highest BCUT2D eigenvalue weighted by Crippen LogP contribution is 2.21. The maximum Gasteiger partial charge on any atom is 0.314 e. The molecule has 0 aliphatic heterocycles. The number of hydrogen-bond donors (Lipinski definition) is 2. The predicted octanol–water partition coefficient (Wildman–Crippen LogP) is 3.77. The first-order valence-electron chi connectivity index (χ1n) is 7.27. The Hall–Kier alpha value is -2.92. The number of aryl methyl sites for hydroxylation is 1. The molecule has 0 radical (unpaired) electrons. The number of para-hydroxylation sites is 1. The molecule has 0 aliphatic rings. The van der Waals surface area contributed by atoms with E-state index in [0.717, 1.165) is 10.9 Å². The lowest BCUT2D eigenvalue weighted by Gasteiger charge is -2.09. The minimum atomic E-state index is -0.775. The summed E-state index contributed by atoms with van der Waals surface area (Å²) in [6.07, 6.45) is 1.63. The van der Waals surface area contributed by atoms with Gasteiger partial charge in [0.2, 0.25) is 0 Å². The lowest BCUT2D eigenvalue weighted by Crippen LogP contribution is -2.29. The first-order chi connectivity index (χ1) is 11.5. The Morgan fingerprint density at radius 2 is 1.75 bits per heavy atom. The summed E-state index contributed by atoms with van der Waals surface area (Å²) in [7, 11) is 0. The van der Waals surface area contributed by atoms with Crippen LogP contribution in [-0.4, -0.2) is 16.8 Å². The highest BCUT2D eigenvalue weighted by Gasteiger charge is 2.15. The van der Waals surface area contributed by atoms with Crippen molar-refractivity contribution in [1.82, 2.24) is 4.98 Å². The van der Waals surface area contributed by atoms with Crippen LogP contribution in [0.3, 0.4) is 0 Å². The van der Waals surface area contributed by atoms with Crippen LogP contribution in [0.4, 0.5) is 11.4 Å². The second kappa shape index (κ2) is 6.68. The van der Waals surface area contributed by atoms with Gasteiger partial charge in [0.15, 0.2) is 0 Å². The van der Waals surface area contributed by atoms with Gasteiger partial charge in [-0.1, -0.05) is 35.9 Å². The van der Waals surface area contributed by atoms with Crippen LogP contribution < -0.4 is 10.6 Å². The molecule has 1 aromatic heterocycles. The number of rotatable bonds is 2. The van der Waals surface area contributed by atoms with Gasteiger partial charge in [0.25, 0.3) is 0 Å². The van der Waals surface area contributed by atoms with Gasteiger partial charge in [-0.2, -0.15) is 0 Å². The maximum atomic E-state index is 12.1. The molecule has 0 spiro atoms. The van der Waals surface area contributed by atoms with Crippen LogP contribution in [0.5, 0.6) is 0 Å². The number of carbonyl (C=O) groups is 2. The summed E-state index contributed by atoms with van der Waals surface area (Å²) in [6.45, 7) is 1.86. The van der Waals surface area contributed by atoms with Gasteiger partial charge in [0.05, 0.1) is 11.2 Å². The highest BCUT2D eigenvalue weighted by atomic mass is 35.5. The third-order valence-corrected chi connectivity index (χ3v) is 3.92. The first-order valence-corrected chi connectivity index (χ1v) is 7.64. The zero-order valence-electron chi connectivity index (χ0n) is 12.8. The molecular weight excluding hydrogens is 326 g/mol. The normalized spacial score (nSPS) is 10.4. The Morgan fingerprint density at radius 1 is 1.00 bits per heavy atom. The molecule has 120 valence electrons. The van der Waals surface area contributed by atoms with E-state index in [9.17, 15) is 9.59 Å². The minimum absolute atomic E-state index is 0.460. The topological polar surface area (TPSA) is 71.1 Å². The van der Waals surface area contributed by atoms with Gasteiger partial charge >= 0.3 is 11.8 Å². The van der Waals surface area contributed by atoms with Crippen molar-refractivity contribution in [2.24, 2.45) is 0 Å². The van der Waals surface area contributed by atoms with Crippen molar-refractivity contribution in [1.29, 1.82) is 0 Å². The average molecular weight is 340 g/mol. The van der Waals surface area contributed by atoms with Crippen LogP contribution in [0.2, 0.25) is 5.02 Å². The molecule has 0 saturated heterocycles. The second-order valence-electron chi connectivity index (χ2n) is 5.25. The fourth-order valence-corrected chi connectivity index (χ4v) is 2.42. The van der Waals surface area contributed by atoms with Crippen molar-refractivity contribution in [3.63, 3.8) is 0 Å². The van der Waals surface area contributed by atoms with Gasteiger partial charge in [-0.3, -0.25) is 14.6 Å². The van der Waals surface area contributed by atoms with Crippen molar-refractivity contribution in [3.8, 4) is 0 Å². The van der Waals surface area contributed by atoms with E-state index in [2.05, 4.69) is 15.6 Å². The molecule has 1 heterocycles. The summed E-state index contributed by atoms with van der Waals surface area (Å²) in [5, 5.41) is 6.50. The number of hydrogen-bond acceptors (Lipinski definition) is 3. The van der Waals surface area contributed by atoms with Crippen molar-refractivity contribution in [2.75, 3.05) is 10.6 Å². The number of nitrogens with zero attached hydrogens (tertiary/aromatic N) is 1. The standard InChI is InChI=1S/C18H14ClN3O2/c1-11-7-8-13(10-14(11)19)21-17(23)18(24)22-15-6-2-4-12-5-3-9-20-16(12)15/h2-10H,1H3,(H,21,23)(H,22,24). The van der Waals surface area contributed by atoms with E-state index in [4.69, 9.17) is 11.6 Å². The SMILES string of the molecule is Cc1ccc(NC(=O)C(=O)Nc2cccc3cccnc23)cc1Cl. The van der Waals surface area contributed by atoms with Crippen molar-refractivity contribution in [2.45, 2.75) is 6.92 Å². The number of aromatic nitrogens is 1. The van der Waals surface area contributed by atoms with E-state index in [1.165, 1.54) is 0 Å². The number of anilines is 2. The van der Waals surface area contributed by atoms with Crippen LogP contribution in [-0.2, 0) is 9.59 Å². The molecule has 0 saturated carbocycles. The Labute approximate surface area is 143 Å². The van der Waals surface area contributed by atoms with Gasteiger partial charge < -0.3 is 10.6 Å². The van der Waals surface area contributed by atoms with E-state index in [-0.39, 0.29) is 0 Å². The van der Waals surface area contributed by atoms with E-state index >= 15 is 0 Å². The minimum Gasteiger partial charge on any atom is -0.318 e. The predicted molar refractivity (Wildman–Crippen MR) is 95.2 cm³/mol. The Kier molecular flexibility index (Phi) is 4.44. The van der Waals surface area contributed by atoms with E-state index in [0.29, 0.717) is 21.9 Å². The molecule has 3 aromatic rings. The van der Waals surface area contributed by atoms with Gasteiger partial charge in [0.1, 0.15) is 0 Å². The third kappa shape index (κ3) is 3.36. The molecule has 0 unspecified atom stereocenters. The fourth-order valence-electron chi connectivity index (χ4n) is 2.24. The Morgan fingerprint density at radius 3 is 2.54 bits per heavy atom. The summed E-state index contributed by atoms with van der Waals surface area (Å²) in [5.41, 5.74) is 2.46. The van der Waals surface area contributed by atoms with E-state index < -0.39 is 11.8 Å². The lowest BCUT2D eigenvalue weighted by atomic mass is 10.2. The highest BCUT2D eigenvalue weighted by molar-refractivity contribution is 6.44. The molecule has 2 N–H and O–H groups in total. The number of carbonyl (C=O) groups excluding carboxylic acids is 2. The smallest absolute Gasteiger partial charge is 0.314 e. The zero-order valence-corrected chi connectivity index (χ0v) is 13.6. The summed E-state index contributed by atoms with van der Waals surface area (Å²) in [6, 6.07) is 14.1. The third-order valence-electron chi connectivity index (χ3n) is 3.52. The zero-order chi connectivity index (χ0) is 17.1. The molecule has 0 atom stereocenters. The maximum absolute atomic E-state index is 12.1. The lowest BCUT2D eigenvalue weighted by molar-refractivity contribution is -0.132. The molecule has 0 aliphatic carbocycles. The number of amides is 2. The fraction of sp³-hybridized carbons (Fsp3) is 0.0556. The van der Waals surface area contributed by atoms with E-state index in [1.807, 2.05) is 25.1 Å². The van der Waals surface area contributed by atoms with E-state index in [1.54, 1.807) is 36.5 Å². The molecule has 6 heteroatoms. The molecule has 0 bridgehead atoms. The van der Waals surface area contributed by atoms with Crippen LogP contribution in [0, 0.1) is 6.92 Å². The Bertz CT molecular complexity index is 935. The summed E-state index contributed by atoms with van der Waals surface area (Å²) in [4.78, 5) is 28.4. The summed E-state index contributed by atoms with van der Waals surface area (Å²) < 4.78 is 0. The molecular formula is C18H14ClN3O2. The monoisotopic (exact) mass is 339 g/mol. The molecule has 3 rings (SSSR count). The number of halogens is 1. The van der Waals surface area contributed by atoms with Crippen LogP contribution in [0.25, 0.3) is 10.9 Å². The quantitative estimate of drug-likeness (QED) is 0.698. The average Bonchev–Trinajstić information content (AvgIpc) is 2.58.